The molecule has 2 aliphatic heterocycles. The van der Waals surface area contributed by atoms with E-state index in [9.17, 15) is 24.4 Å². The van der Waals surface area contributed by atoms with E-state index in [1.54, 1.807) is 25.1 Å². The monoisotopic (exact) mass is 450 g/mol. The van der Waals surface area contributed by atoms with E-state index >= 15 is 0 Å². The quantitative estimate of drug-likeness (QED) is 0.350. The number of aromatic nitrogens is 2. The van der Waals surface area contributed by atoms with Crippen LogP contribution in [0.5, 0.6) is 5.75 Å². The third-order valence-electron chi connectivity index (χ3n) is 4.97. The molecule has 2 aromatic rings. The number of fused-ring (bicyclic) bond motifs is 1. The Morgan fingerprint density at radius 2 is 2.13 bits per heavy atom. The van der Waals surface area contributed by atoms with Gasteiger partial charge < -0.3 is 19.5 Å². The number of phosphoric acid groups is 1. The van der Waals surface area contributed by atoms with Crippen LogP contribution in [0.4, 0.5) is 0 Å². The molecule has 11 nitrogen and oxygen atoms in total. The number of ether oxygens (including phenoxy) is 1. The first-order chi connectivity index (χ1) is 14.6. The van der Waals surface area contributed by atoms with Crippen LogP contribution in [0.2, 0.25) is 0 Å². The molecule has 1 fully saturated rings. The van der Waals surface area contributed by atoms with Crippen molar-refractivity contribution < 1.29 is 33.1 Å². The van der Waals surface area contributed by atoms with Gasteiger partial charge in [-0.1, -0.05) is 24.1 Å². The number of hydrogen-bond acceptors (Lipinski definition) is 9. The molecule has 0 spiro atoms. The summed E-state index contributed by atoms with van der Waals surface area (Å²) < 4.78 is 34.9. The van der Waals surface area contributed by atoms with Crippen molar-refractivity contribution in [3.05, 3.63) is 61.9 Å². The number of terminal acetylenes is 1. The van der Waals surface area contributed by atoms with Crippen LogP contribution in [0.3, 0.4) is 0 Å². The molecule has 1 aromatic carbocycles. The highest BCUT2D eigenvalue weighted by Gasteiger charge is 2.51. The fourth-order valence-corrected chi connectivity index (χ4v) is 4.79. The van der Waals surface area contributed by atoms with Gasteiger partial charge in [0.25, 0.3) is 5.56 Å². The molecular formula is C19H19N2O9P. The van der Waals surface area contributed by atoms with Crippen LogP contribution in [0, 0.1) is 19.3 Å². The standard InChI is InChI=1S/C19H19N2O9P/c1-3-12-9-21(18(23)20-17(12)22)15-8-7-14(28-15)19(24,25)30-31(26)27-10-13-6-4-5-11(2)16(13)29-31/h1,4-6,9,14-15,24-25H,7-8,10H2,2H3,(H,20,22,23). The summed E-state index contributed by atoms with van der Waals surface area (Å²) in [4.78, 5) is 25.8. The van der Waals surface area contributed by atoms with Gasteiger partial charge in [0.1, 0.15) is 23.6 Å². The fourth-order valence-electron chi connectivity index (χ4n) is 3.42. The van der Waals surface area contributed by atoms with Gasteiger partial charge in [0.2, 0.25) is 0 Å². The van der Waals surface area contributed by atoms with Gasteiger partial charge in [0.05, 0.1) is 6.61 Å². The van der Waals surface area contributed by atoms with Gasteiger partial charge >= 0.3 is 19.5 Å². The van der Waals surface area contributed by atoms with Crippen LogP contribution in [0.15, 0.2) is 34.0 Å². The van der Waals surface area contributed by atoms with Crippen molar-refractivity contribution in [2.24, 2.45) is 0 Å². The first kappa shape index (κ1) is 21.5. The van der Waals surface area contributed by atoms with E-state index in [-0.39, 0.29) is 30.8 Å². The number of para-hydroxylation sites is 1. The molecule has 3 heterocycles. The topological polar surface area (TPSA) is 149 Å². The van der Waals surface area contributed by atoms with Crippen molar-refractivity contribution in [1.29, 1.82) is 0 Å². The molecule has 0 bridgehead atoms. The summed E-state index contributed by atoms with van der Waals surface area (Å²) in [7, 11) is -4.39. The highest BCUT2D eigenvalue weighted by atomic mass is 31.2. The summed E-state index contributed by atoms with van der Waals surface area (Å²) in [5.41, 5.74) is -0.290. The molecule has 3 N–H and O–H groups in total. The molecule has 3 unspecified atom stereocenters. The van der Waals surface area contributed by atoms with Gasteiger partial charge in [-0.2, -0.15) is 0 Å². The number of aliphatic hydroxyl groups is 2. The van der Waals surface area contributed by atoms with Gasteiger partial charge in [0.15, 0.2) is 0 Å². The SMILES string of the molecule is C#Cc1cn(C2CCC(C(O)(O)OP3(=O)OCc4cccc(C)c4O3)O2)c(=O)[nH]c1=O. The maximum atomic E-state index is 12.9. The van der Waals surface area contributed by atoms with Crippen LogP contribution in [-0.4, -0.2) is 31.8 Å². The normalized spacial score (nSPS) is 25.5. The van der Waals surface area contributed by atoms with Crippen LogP contribution in [-0.2, 0) is 25.0 Å². The smallest absolute Gasteiger partial charge is 0.403 e. The van der Waals surface area contributed by atoms with E-state index in [4.69, 9.17) is 24.7 Å². The van der Waals surface area contributed by atoms with Crippen molar-refractivity contribution in [3.63, 3.8) is 0 Å². The van der Waals surface area contributed by atoms with Gasteiger partial charge in [-0.05, 0) is 25.3 Å². The Morgan fingerprint density at radius 1 is 1.35 bits per heavy atom. The van der Waals surface area contributed by atoms with E-state index < -0.39 is 37.4 Å². The zero-order chi connectivity index (χ0) is 22.4. The Labute approximate surface area is 175 Å². The van der Waals surface area contributed by atoms with Crippen LogP contribution in [0.25, 0.3) is 0 Å². The third-order valence-corrected chi connectivity index (χ3v) is 6.31. The van der Waals surface area contributed by atoms with Crippen molar-refractivity contribution >= 4 is 7.82 Å². The molecule has 31 heavy (non-hydrogen) atoms. The molecule has 3 atom stereocenters. The Kier molecular flexibility index (Phi) is 5.39. The summed E-state index contributed by atoms with van der Waals surface area (Å²) in [6.07, 6.45) is 4.18. The largest absolute Gasteiger partial charge is 0.534 e. The predicted octanol–water partition coefficient (Wildman–Crippen LogP) is 0.876. The van der Waals surface area contributed by atoms with Gasteiger partial charge in [-0.3, -0.25) is 18.9 Å². The minimum Gasteiger partial charge on any atom is -0.403 e. The first-order valence-corrected chi connectivity index (χ1v) is 10.7. The van der Waals surface area contributed by atoms with Gasteiger partial charge in [-0.15, -0.1) is 6.42 Å². The van der Waals surface area contributed by atoms with E-state index in [1.807, 2.05) is 0 Å². The molecule has 1 aromatic heterocycles. The van der Waals surface area contributed by atoms with Crippen molar-refractivity contribution in [3.8, 4) is 18.1 Å². The van der Waals surface area contributed by atoms with E-state index in [0.717, 1.165) is 10.8 Å². The van der Waals surface area contributed by atoms with Crippen molar-refractivity contribution in [2.45, 2.75) is 44.7 Å². The van der Waals surface area contributed by atoms with Crippen LogP contribution < -0.4 is 15.8 Å². The highest BCUT2D eigenvalue weighted by molar-refractivity contribution is 7.49. The number of nitrogens with zero attached hydrogens (tertiary/aromatic N) is 1. The molecule has 164 valence electrons. The van der Waals surface area contributed by atoms with E-state index in [2.05, 4.69) is 10.9 Å². The zero-order valence-electron chi connectivity index (χ0n) is 16.3. The molecule has 12 heteroatoms. The number of hydrogen-bond donors (Lipinski definition) is 3. The third kappa shape index (κ3) is 4.09. The highest BCUT2D eigenvalue weighted by Crippen LogP contribution is 2.57. The second-order valence-corrected chi connectivity index (χ2v) is 8.65. The lowest BCUT2D eigenvalue weighted by Crippen LogP contribution is -2.45. The summed E-state index contributed by atoms with van der Waals surface area (Å²) in [6, 6.07) is 5.22. The van der Waals surface area contributed by atoms with Gasteiger partial charge in [-0.25, -0.2) is 13.9 Å². The van der Waals surface area contributed by atoms with Crippen LogP contribution in [0.1, 0.15) is 35.8 Å². The van der Waals surface area contributed by atoms with Crippen LogP contribution >= 0.6 is 7.82 Å². The molecular weight excluding hydrogens is 431 g/mol. The number of aromatic amines is 1. The predicted molar refractivity (Wildman–Crippen MR) is 105 cm³/mol. The average molecular weight is 450 g/mol. The summed E-state index contributed by atoms with van der Waals surface area (Å²) in [6.45, 7) is 1.62. The summed E-state index contributed by atoms with van der Waals surface area (Å²) >= 11 is 0. The number of benzene rings is 1. The Morgan fingerprint density at radius 3 is 2.87 bits per heavy atom. The number of H-pyrrole nitrogens is 1. The molecule has 1 saturated heterocycles. The Bertz CT molecular complexity index is 1230. The molecule has 0 aliphatic carbocycles. The fraction of sp³-hybridized carbons (Fsp3) is 0.368. The molecule has 4 rings (SSSR count). The first-order valence-electron chi connectivity index (χ1n) is 9.27. The van der Waals surface area contributed by atoms with Gasteiger partial charge in [0, 0.05) is 11.8 Å². The van der Waals surface area contributed by atoms with E-state index in [0.29, 0.717) is 11.1 Å². The Hall–Kier alpha value is -2.71. The minimum atomic E-state index is -4.39. The number of rotatable bonds is 4. The zero-order valence-corrected chi connectivity index (χ0v) is 17.2. The maximum Gasteiger partial charge on any atom is 0.534 e. The van der Waals surface area contributed by atoms with E-state index in [1.165, 1.54) is 0 Å². The molecule has 0 radical (unpaired) electrons. The summed E-state index contributed by atoms with van der Waals surface area (Å²) in [5, 5.41) is 20.9. The number of phosphoric ester groups is 1. The average Bonchev–Trinajstić information content (AvgIpc) is 3.19. The second-order valence-electron chi connectivity index (χ2n) is 7.14. The molecule has 2 aliphatic rings. The lowest BCUT2D eigenvalue weighted by molar-refractivity contribution is -0.349. The molecule has 0 saturated carbocycles. The second kappa shape index (κ2) is 7.76. The molecule has 0 amide bonds. The lowest BCUT2D eigenvalue weighted by atomic mass is 10.1. The van der Waals surface area contributed by atoms with Crippen molar-refractivity contribution in [1.82, 2.24) is 9.55 Å². The number of aryl methyl sites for hydroxylation is 1. The minimum absolute atomic E-state index is 0.0181. The maximum absolute atomic E-state index is 12.9. The lowest BCUT2D eigenvalue weighted by Gasteiger charge is -2.33. The Balaban J connectivity index is 1.51. The number of nitrogens with one attached hydrogen (secondary N) is 1. The van der Waals surface area contributed by atoms with Crippen molar-refractivity contribution in [2.75, 3.05) is 0 Å². The summed E-state index contributed by atoms with van der Waals surface area (Å²) in [5.74, 6) is -0.626.